The van der Waals surface area contributed by atoms with Crippen molar-refractivity contribution >= 4 is 13.5 Å². The van der Waals surface area contributed by atoms with Crippen molar-refractivity contribution in [1.29, 1.82) is 0 Å². The molecule has 0 atom stereocenters. The Morgan fingerprint density at radius 1 is 1.40 bits per heavy atom. The van der Waals surface area contributed by atoms with E-state index in [0.29, 0.717) is 6.42 Å². The summed E-state index contributed by atoms with van der Waals surface area (Å²) in [5.74, 6) is 0.220. The van der Waals surface area contributed by atoms with Gasteiger partial charge in [0.1, 0.15) is 5.75 Å². The van der Waals surface area contributed by atoms with Crippen LogP contribution in [0, 0.1) is 0 Å². The third kappa shape index (κ3) is 2.39. The molecule has 0 aromatic heterocycles. The lowest BCUT2D eigenvalue weighted by Gasteiger charge is -2.17. The number of rotatable bonds is 2. The fourth-order valence-electron chi connectivity index (χ4n) is 1.45. The molecule has 6 heteroatoms. The van der Waals surface area contributed by atoms with E-state index in [2.05, 4.69) is 9.84 Å². The van der Waals surface area contributed by atoms with Gasteiger partial charge in [0.25, 0.3) is 0 Å². The minimum absolute atomic E-state index is 0.220. The maximum atomic E-state index is 10.7. The second kappa shape index (κ2) is 3.70. The molecule has 0 unspecified atom stereocenters. The first-order valence-corrected chi connectivity index (χ1v) is 5.88. The average molecular weight is 227 g/mol. The van der Waals surface area contributed by atoms with E-state index in [-0.39, 0.29) is 5.75 Å². The van der Waals surface area contributed by atoms with Gasteiger partial charge in [-0.3, -0.25) is 9.79 Å². The summed E-state index contributed by atoms with van der Waals surface area (Å²) >= 11 is 0. The Bertz CT molecular complexity index is 451. The Labute approximate surface area is 86.6 Å². The van der Waals surface area contributed by atoms with Gasteiger partial charge in [0.15, 0.2) is 0 Å². The molecule has 0 fully saturated rings. The number of phosphoric ester groups is 1. The zero-order valence-corrected chi connectivity index (χ0v) is 8.65. The van der Waals surface area contributed by atoms with Crippen molar-refractivity contribution in [1.82, 2.24) is 0 Å². The number of phosphoric acid groups is 1. The van der Waals surface area contributed by atoms with Crippen LogP contribution in [0.5, 0.6) is 5.75 Å². The molecule has 0 aliphatic carbocycles. The van der Waals surface area contributed by atoms with E-state index in [1.807, 2.05) is 12.1 Å². The van der Waals surface area contributed by atoms with Gasteiger partial charge < -0.3 is 9.84 Å². The van der Waals surface area contributed by atoms with Crippen LogP contribution >= 0.6 is 7.82 Å². The number of hydrogen-bond acceptors (Lipinski definition) is 3. The topological polar surface area (TPSA) is 78.8 Å². The molecule has 1 aromatic rings. The van der Waals surface area contributed by atoms with Gasteiger partial charge in [-0.2, -0.15) is 0 Å². The molecule has 1 aliphatic heterocycles. The molecular formula is C9H10NO4P. The van der Waals surface area contributed by atoms with Crippen LogP contribution in [0.25, 0.3) is 0 Å². The van der Waals surface area contributed by atoms with Gasteiger partial charge >= 0.3 is 7.82 Å². The van der Waals surface area contributed by atoms with Crippen molar-refractivity contribution in [3.63, 3.8) is 0 Å². The summed E-state index contributed by atoms with van der Waals surface area (Å²) < 4.78 is 15.3. The molecule has 0 amide bonds. The number of hydrogen-bond donors (Lipinski definition) is 3. The van der Waals surface area contributed by atoms with Gasteiger partial charge in [0.05, 0.1) is 0 Å². The van der Waals surface area contributed by atoms with E-state index < -0.39 is 7.82 Å². The smallest absolute Gasteiger partial charge is 0.404 e. The summed E-state index contributed by atoms with van der Waals surface area (Å²) in [6, 6.07) is 5.04. The molecule has 0 bridgehead atoms. The Kier molecular flexibility index (Phi) is 2.52. The molecule has 80 valence electrons. The van der Waals surface area contributed by atoms with Crippen LogP contribution in [0.1, 0.15) is 5.56 Å². The highest BCUT2D eigenvalue weighted by Crippen LogP contribution is 2.41. The molecule has 0 saturated carbocycles. The Hall–Kier alpha value is -1.29. The van der Waals surface area contributed by atoms with Crippen LogP contribution in [0.3, 0.4) is 0 Å². The monoisotopic (exact) mass is 227 g/mol. The Morgan fingerprint density at radius 3 is 2.93 bits per heavy atom. The third-order valence-electron chi connectivity index (χ3n) is 2.03. The van der Waals surface area contributed by atoms with E-state index in [1.54, 1.807) is 18.3 Å². The van der Waals surface area contributed by atoms with E-state index >= 15 is 0 Å². The molecule has 0 radical (unpaired) electrons. The maximum Gasteiger partial charge on any atom is 0.524 e. The molecule has 0 spiro atoms. The first-order chi connectivity index (χ1) is 7.06. The molecule has 0 saturated heterocycles. The van der Waals surface area contributed by atoms with E-state index in [1.165, 1.54) is 0 Å². The van der Waals surface area contributed by atoms with E-state index in [9.17, 15) is 4.57 Å². The van der Waals surface area contributed by atoms with Gasteiger partial charge in [-0.1, -0.05) is 12.1 Å². The summed E-state index contributed by atoms with van der Waals surface area (Å²) in [6.07, 6.45) is 4.23. The summed E-state index contributed by atoms with van der Waals surface area (Å²) in [5, 5.41) is 2.98. The second-order valence-electron chi connectivity index (χ2n) is 3.11. The molecule has 1 aromatic carbocycles. The van der Waals surface area contributed by atoms with Gasteiger partial charge in [-0.25, -0.2) is 4.57 Å². The molecular weight excluding hydrogens is 217 g/mol. The molecule has 1 aliphatic rings. The maximum absolute atomic E-state index is 10.7. The normalized spacial score (nSPS) is 14.3. The van der Waals surface area contributed by atoms with Crippen LogP contribution in [0.15, 0.2) is 30.5 Å². The predicted molar refractivity (Wildman–Crippen MR) is 55.6 cm³/mol. The van der Waals surface area contributed by atoms with Crippen molar-refractivity contribution in [2.24, 2.45) is 0 Å². The first kappa shape index (κ1) is 10.2. The fourth-order valence-corrected chi connectivity index (χ4v) is 1.88. The van der Waals surface area contributed by atoms with Gasteiger partial charge in [0.2, 0.25) is 0 Å². The van der Waals surface area contributed by atoms with Crippen LogP contribution < -0.4 is 9.84 Å². The molecule has 1 heterocycles. The lowest BCUT2D eigenvalue weighted by Crippen LogP contribution is -2.02. The Balaban J connectivity index is 2.37. The minimum Gasteiger partial charge on any atom is -0.404 e. The largest absolute Gasteiger partial charge is 0.524 e. The lowest BCUT2D eigenvalue weighted by molar-refractivity contribution is 0.282. The quantitative estimate of drug-likeness (QED) is 0.669. The summed E-state index contributed by atoms with van der Waals surface area (Å²) in [7, 11) is -4.49. The zero-order chi connectivity index (χ0) is 10.9. The van der Waals surface area contributed by atoms with Crippen molar-refractivity contribution in [2.45, 2.75) is 6.42 Å². The van der Waals surface area contributed by atoms with Gasteiger partial charge in [-0.05, 0) is 24.8 Å². The molecule has 5 nitrogen and oxygen atoms in total. The fraction of sp³-hybridized carbons (Fsp3) is 0.111. The standard InChI is InChI=1S/C9H10NO4P/c11-15(12,13)14-9-5-1-4-8-7(9)3-2-6-10-8/h1-2,4-6,10H,3H2,(H2,11,12,13). The highest BCUT2D eigenvalue weighted by molar-refractivity contribution is 7.46. The number of anilines is 1. The summed E-state index contributed by atoms with van der Waals surface area (Å²) in [6.45, 7) is 0. The molecule has 3 N–H and O–H groups in total. The van der Waals surface area contributed by atoms with E-state index in [0.717, 1.165) is 11.3 Å². The van der Waals surface area contributed by atoms with E-state index in [4.69, 9.17) is 9.79 Å². The molecule has 15 heavy (non-hydrogen) atoms. The van der Waals surface area contributed by atoms with Crippen LogP contribution in [-0.4, -0.2) is 9.79 Å². The summed E-state index contributed by atoms with van der Waals surface area (Å²) in [4.78, 5) is 17.4. The molecule has 2 rings (SSSR count). The Morgan fingerprint density at radius 2 is 2.20 bits per heavy atom. The van der Waals surface area contributed by atoms with Crippen LogP contribution in [-0.2, 0) is 11.0 Å². The highest BCUT2D eigenvalue weighted by atomic mass is 31.2. The minimum atomic E-state index is -4.49. The zero-order valence-electron chi connectivity index (χ0n) is 7.75. The number of fused-ring (bicyclic) bond motifs is 1. The summed E-state index contributed by atoms with van der Waals surface area (Å²) in [5.41, 5.74) is 1.56. The number of nitrogens with one attached hydrogen (secondary N) is 1. The number of allylic oxidation sites excluding steroid dienone is 1. The average Bonchev–Trinajstić information content (AvgIpc) is 2.16. The van der Waals surface area contributed by atoms with Crippen LogP contribution in [0.2, 0.25) is 0 Å². The van der Waals surface area contributed by atoms with Crippen LogP contribution in [0.4, 0.5) is 5.69 Å². The highest BCUT2D eigenvalue weighted by Gasteiger charge is 2.19. The second-order valence-corrected chi connectivity index (χ2v) is 4.28. The lowest BCUT2D eigenvalue weighted by atomic mass is 10.1. The predicted octanol–water partition coefficient (Wildman–Crippen LogP) is 1.64. The first-order valence-electron chi connectivity index (χ1n) is 4.35. The SMILES string of the molecule is O=P(O)(O)Oc1cccc2c1CC=CN2. The third-order valence-corrected chi connectivity index (χ3v) is 2.46. The van der Waals surface area contributed by atoms with Gasteiger partial charge in [0, 0.05) is 11.3 Å². The van der Waals surface area contributed by atoms with Crippen molar-refractivity contribution in [3.05, 3.63) is 36.0 Å². The van der Waals surface area contributed by atoms with Crippen molar-refractivity contribution < 1.29 is 18.9 Å². The van der Waals surface area contributed by atoms with Crippen molar-refractivity contribution in [3.8, 4) is 5.75 Å². The van der Waals surface area contributed by atoms with Gasteiger partial charge in [-0.15, -0.1) is 0 Å². The number of benzene rings is 1. The van der Waals surface area contributed by atoms with Crippen molar-refractivity contribution in [2.75, 3.05) is 5.32 Å².